The minimum atomic E-state index is -0.0867. The number of hydrogen-bond acceptors (Lipinski definition) is 5. The third-order valence-corrected chi connectivity index (χ3v) is 3.83. The molecule has 1 amide bonds. The summed E-state index contributed by atoms with van der Waals surface area (Å²) >= 11 is 0. The number of rotatable bonds is 7. The number of amides is 1. The van der Waals surface area contributed by atoms with Crippen molar-refractivity contribution < 1.29 is 23.7 Å². The van der Waals surface area contributed by atoms with Crippen LogP contribution in [0.2, 0.25) is 0 Å². The van der Waals surface area contributed by atoms with Crippen LogP contribution in [0.25, 0.3) is 0 Å². The van der Waals surface area contributed by atoms with Gasteiger partial charge < -0.3 is 23.8 Å². The molecule has 25 heavy (non-hydrogen) atoms. The predicted molar refractivity (Wildman–Crippen MR) is 94.9 cm³/mol. The Morgan fingerprint density at radius 3 is 1.88 bits per heavy atom. The van der Waals surface area contributed by atoms with E-state index in [0.29, 0.717) is 35.1 Å². The topological polar surface area (TPSA) is 57.2 Å². The van der Waals surface area contributed by atoms with Crippen LogP contribution in [-0.4, -0.2) is 46.3 Å². The zero-order valence-electron chi connectivity index (χ0n) is 15.2. The standard InChI is InChI=1S/C19H23NO5/c1-20(19(21)14-6-8-15(22-2)9-7-14)12-13-10-16(23-3)18(25-5)17(11-13)24-4/h6-11H,12H2,1-5H3. The molecule has 134 valence electrons. The van der Waals surface area contributed by atoms with Gasteiger partial charge in [-0.25, -0.2) is 0 Å². The molecule has 0 aliphatic rings. The van der Waals surface area contributed by atoms with Crippen LogP contribution < -0.4 is 18.9 Å². The van der Waals surface area contributed by atoms with Gasteiger partial charge in [0.1, 0.15) is 5.75 Å². The first-order valence-electron chi connectivity index (χ1n) is 7.72. The maximum atomic E-state index is 12.6. The summed E-state index contributed by atoms with van der Waals surface area (Å²) < 4.78 is 21.1. The predicted octanol–water partition coefficient (Wildman–Crippen LogP) is 2.99. The van der Waals surface area contributed by atoms with Crippen LogP contribution in [0, 0.1) is 0 Å². The second-order valence-corrected chi connectivity index (χ2v) is 5.42. The van der Waals surface area contributed by atoms with E-state index in [0.717, 1.165) is 5.56 Å². The number of hydrogen-bond donors (Lipinski definition) is 0. The molecule has 0 aliphatic heterocycles. The van der Waals surface area contributed by atoms with Crippen LogP contribution in [0.15, 0.2) is 36.4 Å². The average Bonchev–Trinajstić information content (AvgIpc) is 2.66. The first kappa shape index (κ1) is 18.4. The maximum absolute atomic E-state index is 12.6. The van der Waals surface area contributed by atoms with Crippen LogP contribution >= 0.6 is 0 Å². The van der Waals surface area contributed by atoms with Crippen molar-refractivity contribution in [1.82, 2.24) is 4.90 Å². The summed E-state index contributed by atoms with van der Waals surface area (Å²) in [6.07, 6.45) is 0. The molecule has 0 spiro atoms. The first-order chi connectivity index (χ1) is 12.0. The summed E-state index contributed by atoms with van der Waals surface area (Å²) in [5.41, 5.74) is 1.47. The summed E-state index contributed by atoms with van der Waals surface area (Å²) in [5, 5.41) is 0. The van der Waals surface area contributed by atoms with Crippen molar-refractivity contribution in [2.45, 2.75) is 6.54 Å². The van der Waals surface area contributed by atoms with Gasteiger partial charge in [-0.1, -0.05) is 0 Å². The molecule has 0 aromatic heterocycles. The van der Waals surface area contributed by atoms with Gasteiger partial charge in [0.05, 0.1) is 28.4 Å². The lowest BCUT2D eigenvalue weighted by Gasteiger charge is -2.19. The molecule has 0 radical (unpaired) electrons. The van der Waals surface area contributed by atoms with Gasteiger partial charge in [-0.2, -0.15) is 0 Å². The molecule has 0 bridgehead atoms. The molecule has 6 heteroatoms. The van der Waals surface area contributed by atoms with E-state index in [4.69, 9.17) is 18.9 Å². The molecule has 2 aromatic carbocycles. The molecular formula is C19H23NO5. The minimum absolute atomic E-state index is 0.0867. The second-order valence-electron chi connectivity index (χ2n) is 5.42. The second kappa shape index (κ2) is 8.28. The fourth-order valence-electron chi connectivity index (χ4n) is 2.53. The first-order valence-corrected chi connectivity index (χ1v) is 7.72. The Hall–Kier alpha value is -2.89. The van der Waals surface area contributed by atoms with E-state index in [1.165, 1.54) is 0 Å². The van der Waals surface area contributed by atoms with Gasteiger partial charge >= 0.3 is 0 Å². The Bertz CT molecular complexity index is 702. The quantitative estimate of drug-likeness (QED) is 0.772. The number of ether oxygens (including phenoxy) is 4. The largest absolute Gasteiger partial charge is 0.497 e. The molecular weight excluding hydrogens is 322 g/mol. The van der Waals surface area contributed by atoms with Crippen LogP contribution in [0.3, 0.4) is 0 Å². The van der Waals surface area contributed by atoms with Crippen molar-refractivity contribution in [1.29, 1.82) is 0 Å². The Kier molecular flexibility index (Phi) is 6.11. The smallest absolute Gasteiger partial charge is 0.253 e. The van der Waals surface area contributed by atoms with Gasteiger partial charge in [-0.3, -0.25) is 4.79 Å². The molecule has 6 nitrogen and oxygen atoms in total. The molecule has 0 saturated carbocycles. The van der Waals surface area contributed by atoms with Crippen molar-refractivity contribution >= 4 is 5.91 Å². The molecule has 0 N–H and O–H groups in total. The highest BCUT2D eigenvalue weighted by Crippen LogP contribution is 2.38. The highest BCUT2D eigenvalue weighted by molar-refractivity contribution is 5.94. The van der Waals surface area contributed by atoms with E-state index in [2.05, 4.69) is 0 Å². The van der Waals surface area contributed by atoms with Gasteiger partial charge in [0.2, 0.25) is 5.75 Å². The minimum Gasteiger partial charge on any atom is -0.497 e. The average molecular weight is 345 g/mol. The zero-order valence-corrected chi connectivity index (χ0v) is 15.2. The van der Waals surface area contributed by atoms with E-state index in [-0.39, 0.29) is 5.91 Å². The van der Waals surface area contributed by atoms with E-state index in [1.807, 2.05) is 12.1 Å². The Morgan fingerprint density at radius 2 is 1.44 bits per heavy atom. The maximum Gasteiger partial charge on any atom is 0.253 e. The summed E-state index contributed by atoms with van der Waals surface area (Å²) in [6.45, 7) is 0.404. The Labute approximate surface area is 147 Å². The van der Waals surface area contributed by atoms with Gasteiger partial charge in [0.25, 0.3) is 5.91 Å². The highest BCUT2D eigenvalue weighted by atomic mass is 16.5. The summed E-state index contributed by atoms with van der Waals surface area (Å²) in [6, 6.07) is 10.7. The molecule has 0 saturated heterocycles. The third-order valence-electron chi connectivity index (χ3n) is 3.83. The molecule has 0 unspecified atom stereocenters. The monoisotopic (exact) mass is 345 g/mol. The Morgan fingerprint density at radius 1 is 0.880 bits per heavy atom. The zero-order chi connectivity index (χ0) is 18.4. The van der Waals surface area contributed by atoms with E-state index >= 15 is 0 Å². The molecule has 0 aliphatic carbocycles. The van der Waals surface area contributed by atoms with Gasteiger partial charge in [-0.05, 0) is 42.0 Å². The van der Waals surface area contributed by atoms with E-state index in [1.54, 1.807) is 64.7 Å². The molecule has 2 rings (SSSR count). The lowest BCUT2D eigenvalue weighted by Crippen LogP contribution is -2.26. The number of benzene rings is 2. The van der Waals surface area contributed by atoms with Gasteiger partial charge in [0, 0.05) is 19.2 Å². The summed E-state index contributed by atoms with van der Waals surface area (Å²) in [7, 11) is 8.02. The normalized spacial score (nSPS) is 10.1. The number of methoxy groups -OCH3 is 4. The Balaban J connectivity index is 2.21. The number of carbonyl (C=O) groups is 1. The highest BCUT2D eigenvalue weighted by Gasteiger charge is 2.17. The number of carbonyl (C=O) groups excluding carboxylic acids is 1. The molecule has 2 aromatic rings. The number of nitrogens with zero attached hydrogens (tertiary/aromatic N) is 1. The molecule has 0 heterocycles. The summed E-state index contributed by atoms with van der Waals surface area (Å²) in [5.74, 6) is 2.27. The van der Waals surface area contributed by atoms with Crippen molar-refractivity contribution in [2.24, 2.45) is 0 Å². The SMILES string of the molecule is COc1ccc(C(=O)N(C)Cc2cc(OC)c(OC)c(OC)c2)cc1. The fourth-order valence-corrected chi connectivity index (χ4v) is 2.53. The van der Waals surface area contributed by atoms with Crippen molar-refractivity contribution in [3.63, 3.8) is 0 Å². The van der Waals surface area contributed by atoms with Crippen molar-refractivity contribution in [2.75, 3.05) is 35.5 Å². The van der Waals surface area contributed by atoms with E-state index < -0.39 is 0 Å². The van der Waals surface area contributed by atoms with Crippen LogP contribution in [0.4, 0.5) is 0 Å². The van der Waals surface area contributed by atoms with E-state index in [9.17, 15) is 4.79 Å². The van der Waals surface area contributed by atoms with Crippen LogP contribution in [0.5, 0.6) is 23.0 Å². The lowest BCUT2D eigenvalue weighted by molar-refractivity contribution is 0.0785. The van der Waals surface area contributed by atoms with Crippen LogP contribution in [-0.2, 0) is 6.54 Å². The van der Waals surface area contributed by atoms with Gasteiger partial charge in [-0.15, -0.1) is 0 Å². The van der Waals surface area contributed by atoms with Crippen molar-refractivity contribution in [3.05, 3.63) is 47.5 Å². The molecule has 0 fully saturated rings. The lowest BCUT2D eigenvalue weighted by atomic mass is 10.1. The van der Waals surface area contributed by atoms with Gasteiger partial charge in [0.15, 0.2) is 11.5 Å². The third kappa shape index (κ3) is 4.15. The fraction of sp³-hybridized carbons (Fsp3) is 0.316. The van der Waals surface area contributed by atoms with Crippen LogP contribution in [0.1, 0.15) is 15.9 Å². The van der Waals surface area contributed by atoms with Crippen molar-refractivity contribution in [3.8, 4) is 23.0 Å². The summed E-state index contributed by atoms with van der Waals surface area (Å²) in [4.78, 5) is 14.2. The molecule has 0 atom stereocenters.